The number of Topliss-reactive ketones (excluding diaryl/α,β-unsaturated/α-hetero) is 1. The monoisotopic (exact) mass is 429 g/mol. The Morgan fingerprint density at radius 2 is 1.28 bits per heavy atom. The van der Waals surface area contributed by atoms with Gasteiger partial charge in [0.15, 0.2) is 0 Å². The molecule has 0 aliphatic carbocycles. The third kappa shape index (κ3) is 32.8. The summed E-state index contributed by atoms with van der Waals surface area (Å²) in [6, 6.07) is 0.0207. The smallest absolute Gasteiger partial charge is 0.119 e. The summed E-state index contributed by atoms with van der Waals surface area (Å²) in [6.45, 7) is 27.1. The van der Waals surface area contributed by atoms with E-state index in [1.165, 1.54) is 0 Å². The van der Waals surface area contributed by atoms with Gasteiger partial charge in [-0.05, 0) is 29.2 Å². The molecule has 0 bridgehead atoms. The molecular formula is C22H46NOY-. The summed E-state index contributed by atoms with van der Waals surface area (Å²) in [5, 5.41) is 3.24. The molecule has 0 aromatic rings. The molecule has 25 heavy (non-hydrogen) atoms. The molecule has 0 saturated carbocycles. The van der Waals surface area contributed by atoms with Crippen molar-refractivity contribution in [1.82, 2.24) is 5.32 Å². The van der Waals surface area contributed by atoms with Gasteiger partial charge in [-0.15, -0.1) is 0 Å². The van der Waals surface area contributed by atoms with Crippen LogP contribution >= 0.6 is 0 Å². The van der Waals surface area contributed by atoms with E-state index in [4.69, 9.17) is 0 Å². The van der Waals surface area contributed by atoms with Gasteiger partial charge in [-0.25, -0.2) is 0 Å². The summed E-state index contributed by atoms with van der Waals surface area (Å²) in [7, 11) is 0. The van der Waals surface area contributed by atoms with Crippen LogP contribution in [0.5, 0.6) is 0 Å². The first kappa shape index (κ1) is 30.5. The maximum absolute atomic E-state index is 11.7. The molecule has 1 heterocycles. The third-order valence-corrected chi connectivity index (χ3v) is 2.65. The minimum Gasteiger partial charge on any atom is -0.338 e. The van der Waals surface area contributed by atoms with Crippen molar-refractivity contribution in [2.24, 2.45) is 22.2 Å². The number of carbonyl (C=O) groups excluding carboxylic acids is 1. The quantitative estimate of drug-likeness (QED) is 0.534. The van der Waals surface area contributed by atoms with Gasteiger partial charge in [0.2, 0.25) is 0 Å². The maximum atomic E-state index is 11.7. The first-order chi connectivity index (χ1) is 10.4. The molecule has 0 spiro atoms. The van der Waals surface area contributed by atoms with Gasteiger partial charge in [-0.2, -0.15) is 5.92 Å². The Morgan fingerprint density at radius 3 is 1.52 bits per heavy atom. The number of ketones is 1. The van der Waals surface area contributed by atoms with Gasteiger partial charge >= 0.3 is 0 Å². The molecule has 1 N–H and O–H groups in total. The fourth-order valence-electron chi connectivity index (χ4n) is 1.65. The number of rotatable bonds is 3. The fourth-order valence-corrected chi connectivity index (χ4v) is 1.65. The van der Waals surface area contributed by atoms with Crippen LogP contribution in [0.4, 0.5) is 0 Å². The summed E-state index contributed by atoms with van der Waals surface area (Å²) in [6.07, 6.45) is 3.81. The molecule has 3 heteroatoms. The zero-order valence-corrected chi connectivity index (χ0v) is 22.2. The Hall–Kier alpha value is 0.734. The van der Waals surface area contributed by atoms with Gasteiger partial charge in [-0.3, -0.25) is 0 Å². The van der Waals surface area contributed by atoms with Gasteiger partial charge in [0.25, 0.3) is 0 Å². The third-order valence-electron chi connectivity index (χ3n) is 2.65. The van der Waals surface area contributed by atoms with Crippen LogP contribution in [0, 0.1) is 28.6 Å². The van der Waals surface area contributed by atoms with E-state index in [9.17, 15) is 4.79 Å². The summed E-state index contributed by atoms with van der Waals surface area (Å²) in [5.74, 6) is 0.892. The van der Waals surface area contributed by atoms with Crippen LogP contribution in [-0.4, -0.2) is 18.4 Å². The molecule has 2 nitrogen and oxygen atoms in total. The van der Waals surface area contributed by atoms with E-state index in [1.807, 2.05) is 0 Å². The fraction of sp³-hybridized carbons (Fsp3) is 0.909. The molecule has 1 radical (unpaired) electrons. The standard InChI is InChI=1S/C12H22NO.2C5H12.Y/c1-9-7-10(13-8-9)11(14)5-6-12(2,3)4;2*1-5(2,3)4;/h7,9-10,13H,5-6,8H2,1-4H3;2*1-4H3;/q-1;;;. The van der Waals surface area contributed by atoms with Crippen molar-refractivity contribution in [3.63, 3.8) is 0 Å². The predicted molar refractivity (Wildman–Crippen MR) is 109 cm³/mol. The Kier molecular flexibility index (Phi) is 15.8. The van der Waals surface area contributed by atoms with E-state index in [2.05, 4.69) is 94.8 Å². The molecule has 2 atom stereocenters. The number of hydrogen-bond donors (Lipinski definition) is 1. The van der Waals surface area contributed by atoms with E-state index < -0.39 is 0 Å². The van der Waals surface area contributed by atoms with Gasteiger partial charge in [0, 0.05) is 39.1 Å². The van der Waals surface area contributed by atoms with E-state index >= 15 is 0 Å². The number of carbonyl (C=O) groups is 1. The molecule has 1 aliphatic rings. The van der Waals surface area contributed by atoms with E-state index in [0.29, 0.717) is 29.0 Å². The summed E-state index contributed by atoms with van der Waals surface area (Å²) >= 11 is 0. The molecule has 1 fully saturated rings. The molecule has 1 aliphatic heterocycles. The van der Waals surface area contributed by atoms with Crippen molar-refractivity contribution in [3.05, 3.63) is 6.42 Å². The summed E-state index contributed by atoms with van der Waals surface area (Å²) in [5.41, 5.74) is 1.26. The molecule has 0 aromatic heterocycles. The second kappa shape index (κ2) is 13.0. The zero-order chi connectivity index (χ0) is 19.8. The van der Waals surface area contributed by atoms with Crippen molar-refractivity contribution in [2.75, 3.05) is 6.54 Å². The van der Waals surface area contributed by atoms with Crippen LogP contribution in [0.2, 0.25) is 0 Å². The Bertz CT molecular complexity index is 321. The van der Waals surface area contributed by atoms with Crippen molar-refractivity contribution in [1.29, 1.82) is 0 Å². The van der Waals surface area contributed by atoms with Crippen molar-refractivity contribution in [3.8, 4) is 0 Å². The molecule has 0 aromatic carbocycles. The molecule has 149 valence electrons. The van der Waals surface area contributed by atoms with Gasteiger partial charge in [0.05, 0.1) is 0 Å². The Morgan fingerprint density at radius 1 is 0.920 bits per heavy atom. The first-order valence-electron chi connectivity index (χ1n) is 9.49. The summed E-state index contributed by atoms with van der Waals surface area (Å²) < 4.78 is 0. The SMILES string of the molecule is CC(C)(C)C.CC(C)(C)C.CC1[CH-]C(C(=O)CCC(C)(C)C)NC1.[Y]. The maximum Gasteiger partial charge on any atom is 0.119 e. The molecule has 0 amide bonds. The zero-order valence-electron chi connectivity index (χ0n) is 19.3. The minimum atomic E-state index is 0. The van der Waals surface area contributed by atoms with E-state index in [0.717, 1.165) is 13.0 Å². The van der Waals surface area contributed by atoms with Crippen LogP contribution in [0.3, 0.4) is 0 Å². The Balaban J connectivity index is -0.000000368. The second-order valence-corrected chi connectivity index (χ2v) is 11.6. The number of hydrogen-bond acceptors (Lipinski definition) is 2. The van der Waals surface area contributed by atoms with Crippen LogP contribution in [-0.2, 0) is 37.5 Å². The van der Waals surface area contributed by atoms with E-state index in [-0.39, 0.29) is 44.2 Å². The van der Waals surface area contributed by atoms with Crippen LogP contribution in [0.1, 0.15) is 95.9 Å². The van der Waals surface area contributed by atoms with Gasteiger partial charge in [0.1, 0.15) is 5.78 Å². The van der Waals surface area contributed by atoms with Gasteiger partial charge < -0.3 is 16.5 Å². The largest absolute Gasteiger partial charge is 0.338 e. The first-order valence-corrected chi connectivity index (χ1v) is 9.49. The normalized spacial score (nSPS) is 20.5. The van der Waals surface area contributed by atoms with Crippen LogP contribution < -0.4 is 5.32 Å². The molecule has 1 rings (SSSR count). The summed E-state index contributed by atoms with van der Waals surface area (Å²) in [4.78, 5) is 11.7. The van der Waals surface area contributed by atoms with Crippen molar-refractivity contribution < 1.29 is 37.5 Å². The minimum absolute atomic E-state index is 0. The van der Waals surface area contributed by atoms with Crippen LogP contribution in [0.15, 0.2) is 0 Å². The molecular weight excluding hydrogens is 383 g/mol. The molecule has 2 unspecified atom stereocenters. The molecule has 1 saturated heterocycles. The van der Waals surface area contributed by atoms with E-state index in [1.54, 1.807) is 0 Å². The van der Waals surface area contributed by atoms with Crippen molar-refractivity contribution >= 4 is 5.78 Å². The average molecular weight is 430 g/mol. The van der Waals surface area contributed by atoms with Gasteiger partial charge in [-0.1, -0.05) is 89.1 Å². The predicted octanol–water partition coefficient (Wildman–Crippen LogP) is 6.30. The average Bonchev–Trinajstić information content (AvgIpc) is 2.67. The Labute approximate surface area is 185 Å². The number of nitrogens with one attached hydrogen (secondary N) is 1. The topological polar surface area (TPSA) is 29.1 Å². The van der Waals surface area contributed by atoms with Crippen LogP contribution in [0.25, 0.3) is 0 Å². The van der Waals surface area contributed by atoms with Crippen molar-refractivity contribution in [2.45, 2.75) is 102 Å². The second-order valence-electron chi connectivity index (χ2n) is 11.6.